The monoisotopic (exact) mass is 346 g/mol. The summed E-state index contributed by atoms with van der Waals surface area (Å²) >= 11 is 0. The van der Waals surface area contributed by atoms with Gasteiger partial charge in [0.05, 0.1) is 22.5 Å². The quantitative estimate of drug-likeness (QED) is 0.280. The summed E-state index contributed by atoms with van der Waals surface area (Å²) in [7, 11) is 0. The van der Waals surface area contributed by atoms with Gasteiger partial charge in [0.25, 0.3) is 11.4 Å². The van der Waals surface area contributed by atoms with Crippen LogP contribution in [0.1, 0.15) is 11.1 Å². The Morgan fingerprint density at radius 1 is 1.08 bits per heavy atom. The van der Waals surface area contributed by atoms with Gasteiger partial charge in [0, 0.05) is 17.7 Å². The predicted molar refractivity (Wildman–Crippen MR) is 85.4 cm³/mol. The molecule has 0 unspecified atom stereocenters. The van der Waals surface area contributed by atoms with Crippen LogP contribution in [-0.2, 0) is 6.54 Å². The maximum absolute atomic E-state index is 13.0. The van der Waals surface area contributed by atoms with E-state index in [2.05, 4.69) is 15.4 Å². The van der Waals surface area contributed by atoms with E-state index in [0.29, 0.717) is 5.56 Å². The normalized spacial score (nSPS) is 11.6. The standard InChI is InChI=1S/C14H11FN6O4/c15-11-3-1-2-9(4-11)8-17-19-18-14(16)10-5-12(20(22)23)7-13(6-10)21(24)25/h1-7H,8H2,(H2,16,17,18). The van der Waals surface area contributed by atoms with E-state index in [4.69, 9.17) is 5.73 Å². The van der Waals surface area contributed by atoms with Crippen molar-refractivity contribution in [3.8, 4) is 0 Å². The average molecular weight is 346 g/mol. The van der Waals surface area contributed by atoms with Gasteiger partial charge in [-0.2, -0.15) is 5.11 Å². The summed E-state index contributed by atoms with van der Waals surface area (Å²) in [6, 6.07) is 8.59. The zero-order chi connectivity index (χ0) is 18.4. The fraction of sp³-hybridized carbons (Fsp3) is 0.0714. The fourth-order valence-electron chi connectivity index (χ4n) is 1.84. The second-order valence-corrected chi connectivity index (χ2v) is 4.76. The van der Waals surface area contributed by atoms with Gasteiger partial charge in [-0.25, -0.2) is 4.39 Å². The number of halogens is 1. The van der Waals surface area contributed by atoms with Crippen LogP contribution in [0.25, 0.3) is 0 Å². The predicted octanol–water partition coefficient (Wildman–Crippen LogP) is 2.91. The Kier molecular flexibility index (Phi) is 5.40. The van der Waals surface area contributed by atoms with Crippen LogP contribution in [0.15, 0.2) is 57.9 Å². The van der Waals surface area contributed by atoms with Crippen LogP contribution >= 0.6 is 0 Å². The van der Waals surface area contributed by atoms with Crippen LogP contribution in [0.3, 0.4) is 0 Å². The van der Waals surface area contributed by atoms with Crippen molar-refractivity contribution in [2.24, 2.45) is 21.2 Å². The first-order valence-corrected chi connectivity index (χ1v) is 6.75. The molecule has 0 spiro atoms. The summed E-state index contributed by atoms with van der Waals surface area (Å²) in [6.45, 7) is 0.0453. The molecule has 25 heavy (non-hydrogen) atoms. The summed E-state index contributed by atoms with van der Waals surface area (Å²) in [6.07, 6.45) is 0. The molecular weight excluding hydrogens is 335 g/mol. The van der Waals surface area contributed by atoms with E-state index in [-0.39, 0.29) is 17.9 Å². The number of nitrogens with zero attached hydrogens (tertiary/aromatic N) is 5. The maximum atomic E-state index is 13.0. The molecule has 0 aliphatic carbocycles. The highest BCUT2D eigenvalue weighted by Crippen LogP contribution is 2.22. The molecule has 2 aromatic rings. The Morgan fingerprint density at radius 3 is 2.28 bits per heavy atom. The molecule has 0 fully saturated rings. The Morgan fingerprint density at radius 2 is 1.72 bits per heavy atom. The second kappa shape index (κ2) is 7.68. The third kappa shape index (κ3) is 4.86. The Hall–Kier alpha value is -3.76. The van der Waals surface area contributed by atoms with Gasteiger partial charge in [0.15, 0.2) is 5.84 Å². The smallest absolute Gasteiger partial charge is 0.277 e. The summed E-state index contributed by atoms with van der Waals surface area (Å²) in [5.41, 5.74) is 5.15. The highest BCUT2D eigenvalue weighted by molar-refractivity contribution is 5.98. The molecule has 0 saturated carbocycles. The van der Waals surface area contributed by atoms with Gasteiger partial charge in [0.2, 0.25) is 0 Å². The van der Waals surface area contributed by atoms with E-state index in [1.54, 1.807) is 6.07 Å². The lowest BCUT2D eigenvalue weighted by Crippen LogP contribution is -2.13. The van der Waals surface area contributed by atoms with Crippen molar-refractivity contribution in [1.29, 1.82) is 0 Å². The lowest BCUT2D eigenvalue weighted by Gasteiger charge is -2.00. The number of non-ortho nitro benzene ring substituents is 2. The first-order valence-electron chi connectivity index (χ1n) is 6.75. The van der Waals surface area contributed by atoms with Crippen LogP contribution in [-0.4, -0.2) is 15.7 Å². The molecule has 0 aromatic heterocycles. The first-order chi connectivity index (χ1) is 11.9. The number of benzene rings is 2. The molecule has 0 aliphatic rings. The number of hydrogen-bond acceptors (Lipinski definition) is 6. The van der Waals surface area contributed by atoms with E-state index >= 15 is 0 Å². The van der Waals surface area contributed by atoms with Crippen molar-refractivity contribution in [3.63, 3.8) is 0 Å². The lowest BCUT2D eigenvalue weighted by molar-refractivity contribution is -0.394. The van der Waals surface area contributed by atoms with Crippen molar-refractivity contribution in [1.82, 2.24) is 0 Å². The number of nitrogens with two attached hydrogens (primary N) is 1. The largest absolute Gasteiger partial charge is 0.382 e. The minimum absolute atomic E-state index is 0.0365. The van der Waals surface area contributed by atoms with Crippen LogP contribution in [0, 0.1) is 26.0 Å². The van der Waals surface area contributed by atoms with Crippen LogP contribution < -0.4 is 5.73 Å². The molecule has 0 saturated heterocycles. The first kappa shape index (κ1) is 17.6. The molecule has 2 rings (SSSR count). The highest BCUT2D eigenvalue weighted by Gasteiger charge is 2.17. The van der Waals surface area contributed by atoms with Crippen molar-refractivity contribution in [2.75, 3.05) is 0 Å². The minimum Gasteiger partial charge on any atom is -0.382 e. The zero-order valence-electron chi connectivity index (χ0n) is 12.6. The molecule has 0 atom stereocenters. The molecule has 2 N–H and O–H groups in total. The Bertz CT molecular complexity index is 851. The molecule has 11 heteroatoms. The van der Waals surface area contributed by atoms with Gasteiger partial charge < -0.3 is 5.73 Å². The highest BCUT2D eigenvalue weighted by atomic mass is 19.1. The molecule has 0 amide bonds. The van der Waals surface area contributed by atoms with Crippen molar-refractivity contribution >= 4 is 17.2 Å². The van der Waals surface area contributed by atoms with Gasteiger partial charge >= 0.3 is 0 Å². The molecule has 0 aliphatic heterocycles. The number of rotatable bonds is 6. The number of amidine groups is 1. The lowest BCUT2D eigenvalue weighted by atomic mass is 10.1. The molecule has 128 valence electrons. The SMILES string of the molecule is N/C(=N\N=NCc1cccc(F)c1)c1cc([N+](=O)[O-])cc([N+](=O)[O-])c1. The fourth-order valence-corrected chi connectivity index (χ4v) is 1.84. The van der Waals surface area contributed by atoms with Gasteiger partial charge in [-0.1, -0.05) is 12.1 Å². The van der Waals surface area contributed by atoms with Crippen LogP contribution in [0.4, 0.5) is 15.8 Å². The number of hydrogen-bond donors (Lipinski definition) is 1. The molecule has 2 aromatic carbocycles. The summed E-state index contributed by atoms with van der Waals surface area (Å²) < 4.78 is 13.0. The average Bonchev–Trinajstić information content (AvgIpc) is 2.58. The van der Waals surface area contributed by atoms with Gasteiger partial charge in [-0.3, -0.25) is 20.2 Å². The van der Waals surface area contributed by atoms with E-state index in [9.17, 15) is 24.6 Å². The summed E-state index contributed by atoms with van der Waals surface area (Å²) in [5.74, 6) is -0.700. The van der Waals surface area contributed by atoms with E-state index < -0.39 is 27.0 Å². The minimum atomic E-state index is -0.782. The summed E-state index contributed by atoms with van der Waals surface area (Å²) in [5, 5.41) is 32.3. The third-order valence-corrected chi connectivity index (χ3v) is 2.98. The van der Waals surface area contributed by atoms with Crippen molar-refractivity contribution in [2.45, 2.75) is 6.54 Å². The molecular formula is C14H11FN6O4. The van der Waals surface area contributed by atoms with Crippen molar-refractivity contribution in [3.05, 3.63) is 79.6 Å². The topological polar surface area (TPSA) is 149 Å². The third-order valence-electron chi connectivity index (χ3n) is 2.98. The zero-order valence-corrected chi connectivity index (χ0v) is 12.6. The maximum Gasteiger partial charge on any atom is 0.277 e. The van der Waals surface area contributed by atoms with Gasteiger partial charge in [0.1, 0.15) is 5.82 Å². The van der Waals surface area contributed by atoms with Crippen LogP contribution in [0.2, 0.25) is 0 Å². The number of nitro benzene ring substituents is 2. The second-order valence-electron chi connectivity index (χ2n) is 4.76. The molecule has 0 radical (unpaired) electrons. The molecule has 0 heterocycles. The Labute approximate surface area is 139 Å². The van der Waals surface area contributed by atoms with Crippen molar-refractivity contribution < 1.29 is 14.2 Å². The van der Waals surface area contributed by atoms with E-state index in [1.807, 2.05) is 0 Å². The van der Waals surface area contributed by atoms with Gasteiger partial charge in [-0.15, -0.1) is 5.10 Å². The molecule has 10 nitrogen and oxygen atoms in total. The van der Waals surface area contributed by atoms with E-state index in [1.165, 1.54) is 18.2 Å². The van der Waals surface area contributed by atoms with Gasteiger partial charge in [-0.05, 0) is 22.9 Å². The van der Waals surface area contributed by atoms with Crippen LogP contribution in [0.5, 0.6) is 0 Å². The summed E-state index contributed by atoms with van der Waals surface area (Å²) in [4.78, 5) is 20.1. The Balaban J connectivity index is 2.19. The molecule has 0 bridgehead atoms. The van der Waals surface area contributed by atoms with E-state index in [0.717, 1.165) is 18.2 Å². The number of nitro groups is 2.